The standard InChI is InChI=1S/C19H29NO/c1-3-14-8-9-16(12-14)18(20-2)13-19-17-7-5-4-6-15(17)10-11-21-19/h4-7,14,16,18-20H,3,8-13H2,1-2H3. The zero-order chi connectivity index (χ0) is 14.7. The van der Waals surface area contributed by atoms with Gasteiger partial charge in [-0.1, -0.05) is 44.0 Å². The normalized spacial score (nSPS) is 30.1. The van der Waals surface area contributed by atoms with Gasteiger partial charge in [0.15, 0.2) is 0 Å². The van der Waals surface area contributed by atoms with Crippen LogP contribution in [-0.2, 0) is 11.2 Å². The molecular formula is C19H29NO. The zero-order valence-electron chi connectivity index (χ0n) is 13.5. The van der Waals surface area contributed by atoms with E-state index >= 15 is 0 Å². The van der Waals surface area contributed by atoms with Crippen molar-refractivity contribution in [3.05, 3.63) is 35.4 Å². The van der Waals surface area contributed by atoms with Gasteiger partial charge in [0.1, 0.15) is 0 Å². The Balaban J connectivity index is 1.68. The summed E-state index contributed by atoms with van der Waals surface area (Å²) in [5.41, 5.74) is 2.91. The molecule has 116 valence electrons. The predicted octanol–water partition coefficient (Wildman–Crippen LogP) is 4.10. The molecule has 1 aliphatic heterocycles. The average Bonchev–Trinajstić information content (AvgIpc) is 3.01. The molecule has 2 heteroatoms. The zero-order valence-corrected chi connectivity index (χ0v) is 13.5. The Kier molecular flexibility index (Phi) is 4.97. The van der Waals surface area contributed by atoms with Crippen molar-refractivity contribution < 1.29 is 4.74 Å². The molecule has 1 heterocycles. The van der Waals surface area contributed by atoms with Crippen molar-refractivity contribution in [2.45, 2.75) is 57.6 Å². The van der Waals surface area contributed by atoms with Crippen molar-refractivity contribution >= 4 is 0 Å². The molecule has 1 fully saturated rings. The molecule has 1 N–H and O–H groups in total. The van der Waals surface area contributed by atoms with Gasteiger partial charge in [-0.25, -0.2) is 0 Å². The lowest BCUT2D eigenvalue weighted by Crippen LogP contribution is -2.35. The molecule has 4 unspecified atom stereocenters. The van der Waals surface area contributed by atoms with E-state index in [0.717, 1.165) is 31.3 Å². The number of hydrogen-bond donors (Lipinski definition) is 1. The van der Waals surface area contributed by atoms with Gasteiger partial charge in [-0.05, 0) is 55.7 Å². The van der Waals surface area contributed by atoms with Gasteiger partial charge in [-0.3, -0.25) is 0 Å². The Morgan fingerprint density at radius 3 is 2.90 bits per heavy atom. The number of ether oxygens (including phenoxy) is 1. The molecule has 1 aromatic rings. The third-order valence-corrected chi connectivity index (χ3v) is 5.66. The van der Waals surface area contributed by atoms with Gasteiger partial charge >= 0.3 is 0 Å². The molecular weight excluding hydrogens is 258 g/mol. The van der Waals surface area contributed by atoms with Crippen molar-refractivity contribution in [3.8, 4) is 0 Å². The van der Waals surface area contributed by atoms with Crippen LogP contribution in [0.4, 0.5) is 0 Å². The van der Waals surface area contributed by atoms with Crippen LogP contribution < -0.4 is 5.32 Å². The van der Waals surface area contributed by atoms with E-state index < -0.39 is 0 Å². The lowest BCUT2D eigenvalue weighted by Gasteiger charge is -2.32. The summed E-state index contributed by atoms with van der Waals surface area (Å²) in [5, 5.41) is 3.59. The maximum Gasteiger partial charge on any atom is 0.0842 e. The molecule has 0 bridgehead atoms. The molecule has 1 aliphatic carbocycles. The molecule has 0 saturated heterocycles. The number of nitrogens with one attached hydrogen (secondary N) is 1. The summed E-state index contributed by atoms with van der Waals surface area (Å²) >= 11 is 0. The smallest absolute Gasteiger partial charge is 0.0842 e. The first-order chi connectivity index (χ1) is 10.3. The average molecular weight is 287 g/mol. The van der Waals surface area contributed by atoms with Gasteiger partial charge in [0.25, 0.3) is 0 Å². The molecule has 2 aliphatic rings. The Hall–Kier alpha value is -0.860. The Morgan fingerprint density at radius 1 is 1.29 bits per heavy atom. The third kappa shape index (κ3) is 3.32. The van der Waals surface area contributed by atoms with Crippen LogP contribution in [0.1, 0.15) is 56.3 Å². The van der Waals surface area contributed by atoms with E-state index in [4.69, 9.17) is 4.74 Å². The van der Waals surface area contributed by atoms with Crippen molar-refractivity contribution in [2.75, 3.05) is 13.7 Å². The van der Waals surface area contributed by atoms with E-state index in [2.05, 4.69) is 43.6 Å². The van der Waals surface area contributed by atoms with Crippen LogP contribution in [0, 0.1) is 11.8 Å². The summed E-state index contributed by atoms with van der Waals surface area (Å²) in [6, 6.07) is 9.42. The van der Waals surface area contributed by atoms with Crippen LogP contribution in [0.15, 0.2) is 24.3 Å². The van der Waals surface area contributed by atoms with E-state index in [0.29, 0.717) is 6.04 Å². The Bertz CT molecular complexity index is 459. The number of fused-ring (bicyclic) bond motifs is 1. The van der Waals surface area contributed by atoms with Crippen LogP contribution in [0.25, 0.3) is 0 Å². The second-order valence-corrected chi connectivity index (χ2v) is 6.79. The van der Waals surface area contributed by atoms with E-state index in [1.807, 2.05) is 0 Å². The first-order valence-electron chi connectivity index (χ1n) is 8.68. The highest BCUT2D eigenvalue weighted by molar-refractivity contribution is 5.31. The van der Waals surface area contributed by atoms with E-state index in [1.165, 1.54) is 36.8 Å². The largest absolute Gasteiger partial charge is 0.373 e. The van der Waals surface area contributed by atoms with Crippen LogP contribution in [-0.4, -0.2) is 19.7 Å². The second-order valence-electron chi connectivity index (χ2n) is 6.79. The summed E-state index contributed by atoms with van der Waals surface area (Å²) in [6.45, 7) is 3.21. The lowest BCUT2D eigenvalue weighted by atomic mass is 9.87. The van der Waals surface area contributed by atoms with Gasteiger partial charge < -0.3 is 10.1 Å². The van der Waals surface area contributed by atoms with Crippen molar-refractivity contribution in [1.29, 1.82) is 0 Å². The fraction of sp³-hybridized carbons (Fsp3) is 0.684. The molecule has 0 spiro atoms. The summed E-state index contributed by atoms with van der Waals surface area (Å²) in [5.74, 6) is 1.78. The molecule has 1 saturated carbocycles. The van der Waals surface area contributed by atoms with Gasteiger partial charge in [-0.15, -0.1) is 0 Å². The minimum Gasteiger partial charge on any atom is -0.373 e. The number of benzene rings is 1. The number of hydrogen-bond acceptors (Lipinski definition) is 2. The fourth-order valence-electron chi connectivity index (χ4n) is 4.30. The minimum atomic E-state index is 0.285. The molecule has 3 rings (SSSR count). The van der Waals surface area contributed by atoms with Crippen LogP contribution in [0.5, 0.6) is 0 Å². The third-order valence-electron chi connectivity index (χ3n) is 5.66. The van der Waals surface area contributed by atoms with Crippen molar-refractivity contribution in [2.24, 2.45) is 11.8 Å². The first-order valence-corrected chi connectivity index (χ1v) is 8.68. The van der Waals surface area contributed by atoms with Gasteiger partial charge in [0.05, 0.1) is 12.7 Å². The minimum absolute atomic E-state index is 0.285. The van der Waals surface area contributed by atoms with Crippen molar-refractivity contribution in [1.82, 2.24) is 5.32 Å². The Labute approximate surface area is 129 Å². The van der Waals surface area contributed by atoms with Gasteiger partial charge in [-0.2, -0.15) is 0 Å². The molecule has 1 aromatic carbocycles. The Morgan fingerprint density at radius 2 is 2.14 bits per heavy atom. The topological polar surface area (TPSA) is 21.3 Å². The van der Waals surface area contributed by atoms with Crippen LogP contribution in [0.2, 0.25) is 0 Å². The van der Waals surface area contributed by atoms with Crippen LogP contribution >= 0.6 is 0 Å². The van der Waals surface area contributed by atoms with Gasteiger partial charge in [0, 0.05) is 6.04 Å². The SMILES string of the molecule is CCC1CCC(C(CC2OCCc3ccccc32)NC)C1. The summed E-state index contributed by atoms with van der Waals surface area (Å²) in [4.78, 5) is 0. The van der Waals surface area contributed by atoms with E-state index in [9.17, 15) is 0 Å². The highest BCUT2D eigenvalue weighted by Crippen LogP contribution is 2.39. The van der Waals surface area contributed by atoms with Gasteiger partial charge in [0.2, 0.25) is 0 Å². The fourth-order valence-corrected chi connectivity index (χ4v) is 4.30. The monoisotopic (exact) mass is 287 g/mol. The predicted molar refractivity (Wildman–Crippen MR) is 87.4 cm³/mol. The quantitative estimate of drug-likeness (QED) is 0.880. The first kappa shape index (κ1) is 15.1. The summed E-state index contributed by atoms with van der Waals surface area (Å²) < 4.78 is 6.11. The summed E-state index contributed by atoms with van der Waals surface area (Å²) in [6.07, 6.45) is 8.02. The number of rotatable bonds is 5. The summed E-state index contributed by atoms with van der Waals surface area (Å²) in [7, 11) is 2.12. The molecule has 21 heavy (non-hydrogen) atoms. The van der Waals surface area contributed by atoms with E-state index in [-0.39, 0.29) is 6.10 Å². The molecule has 0 radical (unpaired) electrons. The maximum absolute atomic E-state index is 6.11. The van der Waals surface area contributed by atoms with Crippen molar-refractivity contribution in [3.63, 3.8) is 0 Å². The highest BCUT2D eigenvalue weighted by Gasteiger charge is 2.32. The van der Waals surface area contributed by atoms with Crippen LogP contribution in [0.3, 0.4) is 0 Å². The van der Waals surface area contributed by atoms with E-state index in [1.54, 1.807) is 0 Å². The molecule has 4 atom stereocenters. The molecule has 0 amide bonds. The lowest BCUT2D eigenvalue weighted by molar-refractivity contribution is 0.0251. The molecule has 2 nitrogen and oxygen atoms in total. The maximum atomic E-state index is 6.11. The highest BCUT2D eigenvalue weighted by atomic mass is 16.5. The molecule has 0 aromatic heterocycles. The second kappa shape index (κ2) is 6.93.